The molecule has 0 aliphatic carbocycles. The Bertz CT molecular complexity index is 1520. The summed E-state index contributed by atoms with van der Waals surface area (Å²) in [5.41, 5.74) is 4.79. The number of hydrogen-bond acceptors (Lipinski definition) is 5. The van der Waals surface area contributed by atoms with E-state index in [1.807, 2.05) is 24.3 Å². The van der Waals surface area contributed by atoms with Crippen LogP contribution in [0.2, 0.25) is 5.02 Å². The third-order valence-corrected chi connectivity index (χ3v) is 6.67. The van der Waals surface area contributed by atoms with Crippen LogP contribution in [-0.4, -0.2) is 33.7 Å². The van der Waals surface area contributed by atoms with Gasteiger partial charge in [0, 0.05) is 36.3 Å². The Morgan fingerprint density at radius 2 is 1.79 bits per heavy atom. The fourth-order valence-corrected chi connectivity index (χ4v) is 4.78. The second-order valence-electron chi connectivity index (χ2n) is 9.09. The maximum absolute atomic E-state index is 14.0. The zero-order valence-electron chi connectivity index (χ0n) is 20.9. The zero-order chi connectivity index (χ0) is 26.8. The summed E-state index contributed by atoms with van der Waals surface area (Å²) in [6.07, 6.45) is 0.161. The first-order valence-corrected chi connectivity index (χ1v) is 12.4. The Hall–Kier alpha value is -4.17. The number of ether oxygens (including phenoxy) is 2. The number of fused-ring (bicyclic) bond motifs is 3. The Kier molecular flexibility index (Phi) is 7.15. The van der Waals surface area contributed by atoms with Crippen molar-refractivity contribution >= 4 is 23.5 Å². The fourth-order valence-electron chi connectivity index (χ4n) is 4.60. The average molecular weight is 534 g/mol. The van der Waals surface area contributed by atoms with Crippen molar-refractivity contribution in [3.63, 3.8) is 0 Å². The lowest BCUT2D eigenvalue weighted by atomic mass is 10.0. The first-order valence-electron chi connectivity index (χ1n) is 12.0. The highest BCUT2D eigenvalue weighted by Gasteiger charge is 2.31. The molecular formula is C29H25ClFN3O4. The molecule has 9 heteroatoms. The Morgan fingerprint density at radius 1 is 1.05 bits per heavy atom. The van der Waals surface area contributed by atoms with Crippen LogP contribution < -0.4 is 4.74 Å². The van der Waals surface area contributed by atoms with E-state index in [0.29, 0.717) is 21.9 Å². The molecule has 0 fully saturated rings. The van der Waals surface area contributed by atoms with Crippen molar-refractivity contribution in [2.24, 2.45) is 7.05 Å². The quantitative estimate of drug-likeness (QED) is 0.300. The molecule has 0 saturated heterocycles. The van der Waals surface area contributed by atoms with E-state index >= 15 is 0 Å². The topological polar surface area (TPSA) is 73.7 Å². The summed E-state index contributed by atoms with van der Waals surface area (Å²) in [5.74, 6) is -0.337. The summed E-state index contributed by atoms with van der Waals surface area (Å²) in [5, 5.41) is 5.13. The predicted octanol–water partition coefficient (Wildman–Crippen LogP) is 5.33. The molecule has 3 aromatic carbocycles. The number of benzene rings is 3. The van der Waals surface area contributed by atoms with Gasteiger partial charge in [0.2, 0.25) is 0 Å². The molecule has 0 saturated carbocycles. The monoisotopic (exact) mass is 533 g/mol. The van der Waals surface area contributed by atoms with E-state index in [1.54, 1.807) is 47.0 Å². The number of amides is 1. The van der Waals surface area contributed by atoms with Crippen LogP contribution in [0.5, 0.6) is 5.75 Å². The predicted molar refractivity (Wildman–Crippen MR) is 140 cm³/mol. The third-order valence-electron chi connectivity index (χ3n) is 6.44. The van der Waals surface area contributed by atoms with Gasteiger partial charge in [0.1, 0.15) is 18.2 Å². The van der Waals surface area contributed by atoms with Gasteiger partial charge in [-0.3, -0.25) is 14.3 Å². The first kappa shape index (κ1) is 25.5. The summed E-state index contributed by atoms with van der Waals surface area (Å²) in [6, 6.07) is 18.9. The van der Waals surface area contributed by atoms with Gasteiger partial charge in [-0.25, -0.2) is 4.39 Å². The van der Waals surface area contributed by atoms with Gasteiger partial charge < -0.3 is 14.4 Å². The SMILES string of the molecule is COC(=O)Cc1ccc(CN(Cc2cccc(F)c2)C(=O)c2nn(C)c3c2COc2ccc(Cl)cc2-3)cc1. The molecule has 1 aliphatic heterocycles. The summed E-state index contributed by atoms with van der Waals surface area (Å²) in [6.45, 7) is 0.618. The number of rotatable bonds is 7. The molecule has 1 aromatic heterocycles. The molecular weight excluding hydrogens is 509 g/mol. The highest BCUT2D eigenvalue weighted by Crippen LogP contribution is 2.40. The lowest BCUT2D eigenvalue weighted by Gasteiger charge is -2.24. The van der Waals surface area contributed by atoms with Crippen LogP contribution in [0.25, 0.3) is 11.3 Å². The van der Waals surface area contributed by atoms with Gasteiger partial charge in [-0.15, -0.1) is 0 Å². The van der Waals surface area contributed by atoms with Gasteiger partial charge in [-0.2, -0.15) is 5.10 Å². The number of aromatic nitrogens is 2. The highest BCUT2D eigenvalue weighted by atomic mass is 35.5. The minimum absolute atomic E-state index is 0.161. The van der Waals surface area contributed by atoms with Crippen molar-refractivity contribution in [1.82, 2.24) is 14.7 Å². The standard InChI is InChI=1S/C29H25ClFN3O4/c1-33-28-23-14-21(30)10-11-25(23)38-17-24(28)27(32-33)29(36)34(16-20-4-3-5-22(31)12-20)15-19-8-6-18(7-9-19)13-26(35)37-2/h3-12,14H,13,15-17H2,1-2H3. The molecule has 0 radical (unpaired) electrons. The number of methoxy groups -OCH3 is 1. The van der Waals surface area contributed by atoms with E-state index in [9.17, 15) is 14.0 Å². The normalized spacial score (nSPS) is 11.8. The van der Waals surface area contributed by atoms with Gasteiger partial charge in [-0.05, 0) is 47.0 Å². The van der Waals surface area contributed by atoms with Crippen LogP contribution in [0.15, 0.2) is 66.7 Å². The van der Waals surface area contributed by atoms with E-state index in [-0.39, 0.29) is 49.5 Å². The minimum Gasteiger partial charge on any atom is -0.488 e. The number of carbonyl (C=O) groups is 2. The molecule has 0 atom stereocenters. The first-order chi connectivity index (χ1) is 18.3. The minimum atomic E-state index is -0.376. The number of carbonyl (C=O) groups excluding carboxylic acids is 2. The molecule has 4 aromatic rings. The third kappa shape index (κ3) is 5.26. The van der Waals surface area contributed by atoms with Gasteiger partial charge >= 0.3 is 5.97 Å². The Labute approximate surface area is 224 Å². The second-order valence-corrected chi connectivity index (χ2v) is 9.53. The van der Waals surface area contributed by atoms with E-state index in [2.05, 4.69) is 5.10 Å². The van der Waals surface area contributed by atoms with Crippen LogP contribution in [0, 0.1) is 5.82 Å². The molecule has 2 heterocycles. The summed E-state index contributed by atoms with van der Waals surface area (Å²) < 4.78 is 26.3. The molecule has 0 unspecified atom stereocenters. The van der Waals surface area contributed by atoms with Gasteiger partial charge in [0.15, 0.2) is 5.69 Å². The maximum Gasteiger partial charge on any atom is 0.309 e. The van der Waals surface area contributed by atoms with Crippen LogP contribution >= 0.6 is 11.6 Å². The number of halogens is 2. The van der Waals surface area contributed by atoms with E-state index in [0.717, 1.165) is 22.4 Å². The van der Waals surface area contributed by atoms with Crippen LogP contribution in [-0.2, 0) is 42.7 Å². The van der Waals surface area contributed by atoms with Crippen molar-refractivity contribution in [1.29, 1.82) is 0 Å². The number of esters is 1. The van der Waals surface area contributed by atoms with Crippen molar-refractivity contribution in [3.8, 4) is 17.0 Å². The lowest BCUT2D eigenvalue weighted by molar-refractivity contribution is -0.139. The molecule has 1 amide bonds. The average Bonchev–Trinajstić information content (AvgIpc) is 3.25. The van der Waals surface area contributed by atoms with Gasteiger partial charge in [-0.1, -0.05) is 48.0 Å². The zero-order valence-corrected chi connectivity index (χ0v) is 21.7. The van der Waals surface area contributed by atoms with Crippen molar-refractivity contribution in [2.45, 2.75) is 26.1 Å². The summed E-state index contributed by atoms with van der Waals surface area (Å²) in [7, 11) is 3.13. The van der Waals surface area contributed by atoms with Crippen LogP contribution in [0.4, 0.5) is 4.39 Å². The smallest absolute Gasteiger partial charge is 0.309 e. The molecule has 0 spiro atoms. The van der Waals surface area contributed by atoms with Crippen molar-refractivity contribution < 1.29 is 23.5 Å². The summed E-state index contributed by atoms with van der Waals surface area (Å²) >= 11 is 6.24. The molecule has 1 aliphatic rings. The van der Waals surface area contributed by atoms with Crippen LogP contribution in [0.1, 0.15) is 32.7 Å². The highest BCUT2D eigenvalue weighted by molar-refractivity contribution is 6.31. The molecule has 38 heavy (non-hydrogen) atoms. The van der Waals surface area contributed by atoms with E-state index in [4.69, 9.17) is 21.1 Å². The molecule has 5 rings (SSSR count). The number of hydrogen-bond donors (Lipinski definition) is 0. The van der Waals surface area contributed by atoms with E-state index < -0.39 is 0 Å². The van der Waals surface area contributed by atoms with E-state index in [1.165, 1.54) is 19.2 Å². The van der Waals surface area contributed by atoms with Crippen molar-refractivity contribution in [2.75, 3.05) is 7.11 Å². The maximum atomic E-state index is 14.0. The van der Waals surface area contributed by atoms with Crippen LogP contribution in [0.3, 0.4) is 0 Å². The number of nitrogens with zero attached hydrogens (tertiary/aromatic N) is 3. The molecule has 0 N–H and O–H groups in total. The Balaban J connectivity index is 1.48. The molecule has 0 bridgehead atoms. The Morgan fingerprint density at radius 3 is 2.53 bits per heavy atom. The molecule has 7 nitrogen and oxygen atoms in total. The van der Waals surface area contributed by atoms with Crippen molar-refractivity contribution in [3.05, 3.63) is 106 Å². The second kappa shape index (κ2) is 10.7. The fraction of sp³-hybridized carbons (Fsp3) is 0.207. The lowest BCUT2D eigenvalue weighted by Crippen LogP contribution is -2.31. The molecule has 194 valence electrons. The summed E-state index contributed by atoms with van der Waals surface area (Å²) in [4.78, 5) is 27.2. The van der Waals surface area contributed by atoms with Gasteiger partial charge in [0.25, 0.3) is 5.91 Å². The van der Waals surface area contributed by atoms with Gasteiger partial charge in [0.05, 0.1) is 19.2 Å². The largest absolute Gasteiger partial charge is 0.488 e. The number of aryl methyl sites for hydroxylation is 1.